The van der Waals surface area contributed by atoms with Gasteiger partial charge in [0, 0.05) is 11.1 Å². The highest BCUT2D eigenvalue weighted by molar-refractivity contribution is 6.31. The summed E-state index contributed by atoms with van der Waals surface area (Å²) in [5.41, 5.74) is 4.01. The molecular weight excluding hydrogens is 391 g/mol. The molecule has 3 aliphatic rings. The Labute approximate surface area is 170 Å². The summed E-state index contributed by atoms with van der Waals surface area (Å²) in [5, 5.41) is 14.1. The zero-order valence-corrected chi connectivity index (χ0v) is 15.9. The fourth-order valence-electron chi connectivity index (χ4n) is 4.61. The molecule has 0 radical (unpaired) electrons. The summed E-state index contributed by atoms with van der Waals surface area (Å²) in [7, 11) is 0. The van der Waals surface area contributed by atoms with Gasteiger partial charge in [-0.05, 0) is 55.5 Å². The van der Waals surface area contributed by atoms with Crippen molar-refractivity contribution in [2.45, 2.75) is 24.8 Å². The van der Waals surface area contributed by atoms with Crippen LogP contribution < -0.4 is 0 Å². The summed E-state index contributed by atoms with van der Waals surface area (Å²) >= 11 is 6.03. The summed E-state index contributed by atoms with van der Waals surface area (Å²) < 4.78 is 17.5. The highest BCUT2D eigenvalue weighted by Crippen LogP contribution is 2.63. The van der Waals surface area contributed by atoms with Gasteiger partial charge in [-0.1, -0.05) is 11.6 Å². The van der Waals surface area contributed by atoms with E-state index in [1.165, 1.54) is 16.8 Å². The van der Waals surface area contributed by atoms with Gasteiger partial charge in [-0.2, -0.15) is 10.4 Å². The van der Waals surface area contributed by atoms with Gasteiger partial charge in [-0.25, -0.2) is 18.9 Å². The number of benzene rings is 1. The van der Waals surface area contributed by atoms with E-state index in [9.17, 15) is 9.65 Å². The number of nitrogens with zero attached hydrogens (tertiary/aromatic N) is 6. The van der Waals surface area contributed by atoms with E-state index in [4.69, 9.17) is 11.6 Å². The third-order valence-electron chi connectivity index (χ3n) is 6.20. The first kappa shape index (κ1) is 16.7. The number of aromatic nitrogens is 5. The zero-order valence-electron chi connectivity index (χ0n) is 15.2. The monoisotopic (exact) mass is 404 g/mol. The van der Waals surface area contributed by atoms with Crippen LogP contribution in [0.2, 0.25) is 5.02 Å². The second-order valence-electron chi connectivity index (χ2n) is 7.89. The van der Waals surface area contributed by atoms with Crippen molar-refractivity contribution in [1.29, 1.82) is 5.26 Å². The topological polar surface area (TPSA) is 71.8 Å². The molecule has 3 aliphatic carbocycles. The van der Waals surface area contributed by atoms with Gasteiger partial charge in [0.1, 0.15) is 17.6 Å². The van der Waals surface area contributed by atoms with E-state index in [1.807, 2.05) is 18.5 Å². The minimum atomic E-state index is -0.465. The molecule has 4 aromatic rings. The van der Waals surface area contributed by atoms with E-state index in [1.54, 1.807) is 12.1 Å². The van der Waals surface area contributed by atoms with Crippen LogP contribution in [-0.2, 0) is 5.54 Å². The zero-order chi connectivity index (χ0) is 19.8. The molecule has 8 heteroatoms. The minimum Gasteiger partial charge on any atom is -0.322 e. The van der Waals surface area contributed by atoms with Crippen LogP contribution in [-0.4, -0.2) is 24.1 Å². The Morgan fingerprint density at radius 2 is 2.00 bits per heavy atom. The summed E-state index contributed by atoms with van der Waals surface area (Å²) in [6, 6.07) is 10.5. The molecule has 0 amide bonds. The fourth-order valence-corrected chi connectivity index (χ4v) is 4.79. The van der Waals surface area contributed by atoms with Gasteiger partial charge in [-0.15, -0.1) is 0 Å². The lowest BCUT2D eigenvalue weighted by Crippen LogP contribution is -2.59. The minimum absolute atomic E-state index is 0.0540. The number of nitriles is 1. The molecule has 2 bridgehead atoms. The predicted octanol–water partition coefficient (Wildman–Crippen LogP) is 4.43. The SMILES string of the molecule is N#Cc1cnc2ccc(-c3c(-c4ccc(F)c(Cl)c4)ncn3C34CC(C3)C4)nn12. The molecule has 142 valence electrons. The van der Waals surface area contributed by atoms with Crippen LogP contribution in [0.25, 0.3) is 28.3 Å². The Morgan fingerprint density at radius 1 is 1.17 bits per heavy atom. The summed E-state index contributed by atoms with van der Waals surface area (Å²) in [5.74, 6) is 0.329. The molecule has 3 saturated carbocycles. The van der Waals surface area contributed by atoms with Gasteiger partial charge in [-0.3, -0.25) is 0 Å². The van der Waals surface area contributed by atoms with Crippen LogP contribution in [0, 0.1) is 23.1 Å². The highest BCUT2D eigenvalue weighted by Gasteiger charge is 2.58. The number of imidazole rings is 2. The Bertz CT molecular complexity index is 1330. The first-order chi connectivity index (χ1) is 14.1. The van der Waals surface area contributed by atoms with E-state index < -0.39 is 5.82 Å². The number of halogens is 2. The van der Waals surface area contributed by atoms with E-state index in [0.29, 0.717) is 22.7 Å². The summed E-state index contributed by atoms with van der Waals surface area (Å²) in [6.45, 7) is 0. The molecule has 0 aliphatic heterocycles. The first-order valence-corrected chi connectivity index (χ1v) is 9.74. The Hall–Kier alpha value is -3.24. The van der Waals surface area contributed by atoms with Crippen molar-refractivity contribution >= 4 is 17.2 Å². The molecule has 0 N–H and O–H groups in total. The molecule has 3 heterocycles. The third kappa shape index (κ3) is 2.23. The maximum atomic E-state index is 13.7. The van der Waals surface area contributed by atoms with Crippen molar-refractivity contribution in [3.05, 3.63) is 59.4 Å². The molecule has 1 aromatic carbocycles. The lowest BCUT2D eigenvalue weighted by atomic mass is 9.49. The van der Waals surface area contributed by atoms with Gasteiger partial charge in [0.15, 0.2) is 11.3 Å². The Balaban J connectivity index is 1.59. The van der Waals surface area contributed by atoms with Gasteiger partial charge < -0.3 is 4.57 Å². The van der Waals surface area contributed by atoms with E-state index >= 15 is 0 Å². The molecule has 29 heavy (non-hydrogen) atoms. The first-order valence-electron chi connectivity index (χ1n) is 9.36. The number of rotatable bonds is 3. The smallest absolute Gasteiger partial charge is 0.162 e. The average Bonchev–Trinajstić information content (AvgIpc) is 3.25. The quantitative estimate of drug-likeness (QED) is 0.506. The van der Waals surface area contributed by atoms with Crippen LogP contribution in [0.4, 0.5) is 4.39 Å². The predicted molar refractivity (Wildman–Crippen MR) is 105 cm³/mol. The Morgan fingerprint density at radius 3 is 2.69 bits per heavy atom. The molecular formula is C21H14ClFN6. The van der Waals surface area contributed by atoms with Crippen molar-refractivity contribution in [2.24, 2.45) is 5.92 Å². The maximum absolute atomic E-state index is 13.7. The summed E-state index contributed by atoms with van der Waals surface area (Å²) in [4.78, 5) is 8.89. The molecule has 3 fully saturated rings. The molecule has 7 rings (SSSR count). The number of hydrogen-bond donors (Lipinski definition) is 0. The maximum Gasteiger partial charge on any atom is 0.162 e. The molecule has 0 atom stereocenters. The molecule has 0 saturated heterocycles. The van der Waals surface area contributed by atoms with E-state index in [0.717, 1.165) is 36.4 Å². The van der Waals surface area contributed by atoms with Crippen molar-refractivity contribution in [1.82, 2.24) is 24.1 Å². The molecule has 6 nitrogen and oxygen atoms in total. The van der Waals surface area contributed by atoms with E-state index in [2.05, 4.69) is 25.7 Å². The van der Waals surface area contributed by atoms with Crippen molar-refractivity contribution in [3.63, 3.8) is 0 Å². The largest absolute Gasteiger partial charge is 0.322 e. The second kappa shape index (κ2) is 5.65. The van der Waals surface area contributed by atoms with Gasteiger partial charge in [0.2, 0.25) is 0 Å². The van der Waals surface area contributed by atoms with Crippen LogP contribution >= 0.6 is 11.6 Å². The average molecular weight is 405 g/mol. The lowest BCUT2D eigenvalue weighted by Gasteiger charge is -2.62. The third-order valence-corrected chi connectivity index (χ3v) is 6.49. The van der Waals surface area contributed by atoms with Crippen LogP contribution in [0.3, 0.4) is 0 Å². The van der Waals surface area contributed by atoms with Crippen LogP contribution in [0.1, 0.15) is 25.0 Å². The van der Waals surface area contributed by atoms with Crippen molar-refractivity contribution in [3.8, 4) is 28.7 Å². The van der Waals surface area contributed by atoms with Gasteiger partial charge in [0.05, 0.1) is 28.9 Å². The van der Waals surface area contributed by atoms with Crippen molar-refractivity contribution in [2.75, 3.05) is 0 Å². The van der Waals surface area contributed by atoms with Crippen molar-refractivity contribution < 1.29 is 4.39 Å². The van der Waals surface area contributed by atoms with Crippen LogP contribution in [0.5, 0.6) is 0 Å². The van der Waals surface area contributed by atoms with Crippen LogP contribution in [0.15, 0.2) is 42.9 Å². The fraction of sp³-hybridized carbons (Fsp3) is 0.238. The second-order valence-corrected chi connectivity index (χ2v) is 8.29. The standard InChI is InChI=1S/C21H14ClFN6/c22-15-5-13(1-2-16(15)23)19-20(28(11-26-19)21-6-12(7-21)8-21)17-3-4-18-25-10-14(9-24)29(18)27-17/h1-5,10-12H,6-8H2. The molecule has 0 unspecified atom stereocenters. The Kier molecular flexibility index (Phi) is 3.25. The summed E-state index contributed by atoms with van der Waals surface area (Å²) in [6.07, 6.45) is 6.76. The normalized spacial score (nSPS) is 22.2. The molecule has 0 spiro atoms. The highest BCUT2D eigenvalue weighted by atomic mass is 35.5. The van der Waals surface area contributed by atoms with Gasteiger partial charge in [0.25, 0.3) is 0 Å². The lowest BCUT2D eigenvalue weighted by molar-refractivity contribution is -0.0877. The number of fused-ring (bicyclic) bond motifs is 1. The number of hydrogen-bond acceptors (Lipinski definition) is 4. The molecule has 3 aromatic heterocycles. The van der Waals surface area contributed by atoms with E-state index in [-0.39, 0.29) is 10.6 Å². The van der Waals surface area contributed by atoms with Gasteiger partial charge >= 0.3 is 0 Å².